The molecule has 5 rings (SSSR count). The molecule has 0 fully saturated rings. The highest BCUT2D eigenvalue weighted by Gasteiger charge is 2.34. The van der Waals surface area contributed by atoms with Crippen molar-refractivity contribution >= 4 is 30.1 Å². The van der Waals surface area contributed by atoms with Crippen LogP contribution in [0.3, 0.4) is 0 Å². The van der Waals surface area contributed by atoms with Gasteiger partial charge in [-0.2, -0.15) is 23.4 Å². The number of aryl methyl sites for hydroxylation is 3. The summed E-state index contributed by atoms with van der Waals surface area (Å²) in [7, 11) is -12.7. The van der Waals surface area contributed by atoms with E-state index in [1.807, 2.05) is 32.9 Å². The van der Waals surface area contributed by atoms with Gasteiger partial charge in [0.1, 0.15) is 12.1 Å². The summed E-state index contributed by atoms with van der Waals surface area (Å²) in [6, 6.07) is 25.5. The van der Waals surface area contributed by atoms with Crippen molar-refractivity contribution in [1.82, 2.24) is 12.9 Å². The zero-order chi connectivity index (χ0) is 35.6. The van der Waals surface area contributed by atoms with E-state index in [-0.39, 0.29) is 65.1 Å². The SMILES string of the molecule is Cc1ccc(S(=O)(=O)N2CCN(S(=O)(=O)c3ccc(C)cc3)Cc3cc(C#N)c(C#N)cc3CN(S(=O)(=O)c3ccc(C)cc3)CC2)cc1. The molecule has 4 aromatic rings. The Bertz CT molecular complexity index is 2150. The van der Waals surface area contributed by atoms with Crippen LogP contribution in [0, 0.1) is 43.4 Å². The summed E-state index contributed by atoms with van der Waals surface area (Å²) in [6.07, 6.45) is 0. The summed E-state index contributed by atoms with van der Waals surface area (Å²) in [6.45, 7) is 3.66. The van der Waals surface area contributed by atoms with Gasteiger partial charge in [0, 0.05) is 39.3 Å². The Balaban J connectivity index is 1.70. The number of nitriles is 2. The van der Waals surface area contributed by atoms with Crippen molar-refractivity contribution in [2.75, 3.05) is 26.2 Å². The molecular weight excluding hydrogens is 683 g/mol. The molecule has 0 amide bonds. The van der Waals surface area contributed by atoms with Crippen LogP contribution >= 0.6 is 0 Å². The summed E-state index contributed by atoms with van der Waals surface area (Å²) in [5.74, 6) is 0. The minimum Gasteiger partial charge on any atom is -0.207 e. The van der Waals surface area contributed by atoms with Crippen molar-refractivity contribution in [2.24, 2.45) is 0 Å². The Morgan fingerprint density at radius 3 is 1.02 bits per heavy atom. The predicted octanol–water partition coefficient (Wildman–Crippen LogP) is 4.44. The Kier molecular flexibility index (Phi) is 10.4. The Hall–Kier alpha value is -4.41. The fourth-order valence-corrected chi connectivity index (χ4v) is 9.73. The molecule has 1 heterocycles. The second kappa shape index (κ2) is 14.2. The van der Waals surface area contributed by atoms with Gasteiger partial charge in [0.2, 0.25) is 30.1 Å². The van der Waals surface area contributed by atoms with Crippen molar-refractivity contribution in [3.63, 3.8) is 0 Å². The third-order valence-electron chi connectivity index (χ3n) is 8.45. The number of nitrogens with zero attached hydrogens (tertiary/aromatic N) is 5. The molecule has 14 heteroatoms. The largest absolute Gasteiger partial charge is 0.243 e. The van der Waals surface area contributed by atoms with Crippen LogP contribution in [0.15, 0.2) is 99.6 Å². The van der Waals surface area contributed by atoms with Crippen molar-refractivity contribution in [2.45, 2.75) is 48.5 Å². The molecule has 0 spiro atoms. The Morgan fingerprint density at radius 1 is 0.469 bits per heavy atom. The highest BCUT2D eigenvalue weighted by atomic mass is 32.2. The first kappa shape index (κ1) is 35.9. The normalized spacial score (nSPS) is 15.8. The van der Waals surface area contributed by atoms with Crippen LogP contribution < -0.4 is 0 Å². The van der Waals surface area contributed by atoms with E-state index in [4.69, 9.17) is 0 Å². The van der Waals surface area contributed by atoms with Crippen LogP contribution in [0.4, 0.5) is 0 Å². The first-order valence-corrected chi connectivity index (χ1v) is 19.7. The van der Waals surface area contributed by atoms with Gasteiger partial charge in [-0.3, -0.25) is 0 Å². The molecule has 0 aliphatic carbocycles. The number of sulfonamides is 3. The summed E-state index contributed by atoms with van der Waals surface area (Å²) in [5.41, 5.74) is 3.15. The molecule has 254 valence electrons. The van der Waals surface area contributed by atoms with Gasteiger partial charge in [-0.15, -0.1) is 0 Å². The van der Waals surface area contributed by atoms with Crippen molar-refractivity contribution in [3.05, 3.63) is 124 Å². The molecule has 11 nitrogen and oxygen atoms in total. The van der Waals surface area contributed by atoms with Gasteiger partial charge < -0.3 is 0 Å². The molecule has 0 unspecified atom stereocenters. The van der Waals surface area contributed by atoms with Gasteiger partial charge in [0.05, 0.1) is 25.8 Å². The van der Waals surface area contributed by atoms with E-state index in [0.29, 0.717) is 11.1 Å². The molecule has 0 saturated heterocycles. The first-order valence-electron chi connectivity index (χ1n) is 15.3. The van der Waals surface area contributed by atoms with Crippen molar-refractivity contribution in [3.8, 4) is 12.1 Å². The minimum absolute atomic E-state index is 0.000299. The number of benzene rings is 4. The van der Waals surface area contributed by atoms with Crippen LogP contribution in [0.2, 0.25) is 0 Å². The summed E-state index contributed by atoms with van der Waals surface area (Å²) < 4.78 is 88.2. The van der Waals surface area contributed by atoms with Gasteiger partial charge in [-0.1, -0.05) is 53.1 Å². The van der Waals surface area contributed by atoms with Crippen molar-refractivity contribution < 1.29 is 25.3 Å². The molecule has 0 aromatic heterocycles. The summed E-state index contributed by atoms with van der Waals surface area (Å²) >= 11 is 0. The number of fused-ring (bicyclic) bond motifs is 1. The monoisotopic (exact) mass is 717 g/mol. The van der Waals surface area contributed by atoms with E-state index in [1.165, 1.54) is 48.5 Å². The second-order valence-corrected chi connectivity index (χ2v) is 17.7. The van der Waals surface area contributed by atoms with E-state index in [9.17, 15) is 35.8 Å². The molecule has 1 aliphatic rings. The highest BCUT2D eigenvalue weighted by Crippen LogP contribution is 2.28. The highest BCUT2D eigenvalue weighted by molar-refractivity contribution is 7.89. The zero-order valence-corrected chi connectivity index (χ0v) is 29.7. The minimum atomic E-state index is -4.23. The smallest absolute Gasteiger partial charge is 0.207 e. The fraction of sp³-hybridized carbons (Fsp3) is 0.257. The molecule has 1 aliphatic heterocycles. The lowest BCUT2D eigenvalue weighted by molar-refractivity contribution is 0.319. The number of hydrogen-bond donors (Lipinski definition) is 0. The maximum absolute atomic E-state index is 14.2. The van der Waals surface area contributed by atoms with Crippen LogP contribution in [0.5, 0.6) is 0 Å². The Labute approximate surface area is 288 Å². The second-order valence-electron chi connectivity index (χ2n) is 11.9. The van der Waals surface area contributed by atoms with E-state index >= 15 is 0 Å². The van der Waals surface area contributed by atoms with Crippen LogP contribution in [0.25, 0.3) is 0 Å². The van der Waals surface area contributed by atoms with Gasteiger partial charge >= 0.3 is 0 Å². The van der Waals surface area contributed by atoms with Gasteiger partial charge in [-0.05, 0) is 80.4 Å². The molecule has 0 bridgehead atoms. The van der Waals surface area contributed by atoms with E-state index in [1.54, 1.807) is 36.4 Å². The summed E-state index contributed by atoms with van der Waals surface area (Å²) in [5, 5.41) is 19.7. The molecule has 0 radical (unpaired) electrons. The topological polar surface area (TPSA) is 160 Å². The van der Waals surface area contributed by atoms with E-state index in [0.717, 1.165) is 29.6 Å². The standard InChI is InChI=1S/C35H35N5O6S3/c1-26-4-10-33(11-5-26)47(41,42)38-16-18-39(48(43,44)34-12-6-27(2)7-13-34)24-31-20-29(22-36)30(23-37)21-32(31)25-40(19-17-38)49(45,46)35-14-8-28(3)9-15-35/h4-15,20-21H,16-19,24-25H2,1-3H3. The third kappa shape index (κ3) is 7.60. The lowest BCUT2D eigenvalue weighted by Gasteiger charge is -2.28. The average Bonchev–Trinajstić information content (AvgIpc) is 3.11. The molecule has 49 heavy (non-hydrogen) atoms. The van der Waals surface area contributed by atoms with Gasteiger partial charge in [0.15, 0.2) is 0 Å². The van der Waals surface area contributed by atoms with Crippen LogP contribution in [-0.2, 0) is 43.2 Å². The summed E-state index contributed by atoms with van der Waals surface area (Å²) in [4.78, 5) is -0.0464. The average molecular weight is 718 g/mol. The molecule has 0 atom stereocenters. The first-order chi connectivity index (χ1) is 23.2. The maximum atomic E-state index is 14.2. The van der Waals surface area contributed by atoms with E-state index < -0.39 is 30.1 Å². The molecule has 0 N–H and O–H groups in total. The van der Waals surface area contributed by atoms with Crippen molar-refractivity contribution in [1.29, 1.82) is 10.5 Å². The molecule has 4 aromatic carbocycles. The Morgan fingerprint density at radius 2 is 0.735 bits per heavy atom. The van der Waals surface area contributed by atoms with Crippen LogP contribution in [-0.4, -0.2) is 64.3 Å². The predicted molar refractivity (Wildman–Crippen MR) is 183 cm³/mol. The maximum Gasteiger partial charge on any atom is 0.243 e. The van der Waals surface area contributed by atoms with Gasteiger partial charge in [0.25, 0.3) is 0 Å². The van der Waals surface area contributed by atoms with Gasteiger partial charge in [-0.25, -0.2) is 25.3 Å². The number of hydrogen-bond acceptors (Lipinski definition) is 8. The lowest BCUT2D eigenvalue weighted by Crippen LogP contribution is -2.44. The van der Waals surface area contributed by atoms with Crippen LogP contribution in [0.1, 0.15) is 38.9 Å². The lowest BCUT2D eigenvalue weighted by atomic mass is 9.99. The zero-order valence-electron chi connectivity index (χ0n) is 27.2. The number of rotatable bonds is 6. The quantitative estimate of drug-likeness (QED) is 0.283. The fourth-order valence-electron chi connectivity index (χ4n) is 5.49. The third-order valence-corrected chi connectivity index (χ3v) is 14.1. The molecular formula is C35H35N5O6S3. The van der Waals surface area contributed by atoms with E-state index in [2.05, 4.69) is 0 Å². The molecule has 0 saturated carbocycles.